The Morgan fingerprint density at radius 3 is 2.68 bits per heavy atom. The fraction of sp³-hybridized carbons (Fsp3) is 0.543. The smallest absolute Gasteiger partial charge is 0.320 e. The van der Waals surface area contributed by atoms with E-state index >= 15 is 0 Å². The summed E-state index contributed by atoms with van der Waals surface area (Å²) in [6, 6.07) is 10.3. The Morgan fingerprint density at radius 1 is 1.21 bits per heavy atom. The number of nitriles is 1. The number of hydrogen-bond donors (Lipinski definition) is 2. The summed E-state index contributed by atoms with van der Waals surface area (Å²) < 4.78 is 14.6. The molecule has 4 atom stereocenters. The number of nitrogens with zero attached hydrogens (tertiary/aromatic N) is 7. The molecule has 16 heteroatoms. The molecule has 2 fully saturated rings. The highest BCUT2D eigenvalue weighted by Gasteiger charge is 2.42. The van der Waals surface area contributed by atoms with E-state index < -0.39 is 34.9 Å². The van der Waals surface area contributed by atoms with Crippen molar-refractivity contribution in [1.82, 2.24) is 40.1 Å². The number of carbonyl (C=O) groups excluding carboxylic acids is 4. The van der Waals surface area contributed by atoms with Crippen molar-refractivity contribution < 1.29 is 28.7 Å². The predicted octanol–water partition coefficient (Wildman–Crippen LogP) is 5.78. The number of aromatic nitrogens is 3. The number of likely N-dealkylation sites (N-methyl/N-ethyl adjacent to an activating group) is 1. The van der Waals surface area contributed by atoms with Crippen LogP contribution in [0.5, 0.6) is 0 Å². The molecule has 62 heavy (non-hydrogen) atoms. The normalized spacial score (nSPS) is 21.7. The zero-order valence-electron chi connectivity index (χ0n) is 37.1. The average Bonchev–Trinajstić information content (AvgIpc) is 3.83. The summed E-state index contributed by atoms with van der Waals surface area (Å²) in [5, 5.41) is 17.4. The third-order valence-electron chi connectivity index (χ3n) is 12.5. The Hall–Kier alpha value is -5.21. The molecule has 6 bridgehead atoms. The molecule has 0 saturated carbocycles. The lowest BCUT2D eigenvalue weighted by Crippen LogP contribution is -2.67. The quantitative estimate of drug-likeness (QED) is 0.197. The van der Waals surface area contributed by atoms with Gasteiger partial charge in [-0.05, 0) is 74.3 Å². The third kappa shape index (κ3) is 8.86. The van der Waals surface area contributed by atoms with Gasteiger partial charge in [-0.25, -0.2) is 15.2 Å². The number of pyridine rings is 1. The number of fused-ring (bicyclic) bond motifs is 6. The second-order valence-corrected chi connectivity index (χ2v) is 19.1. The Labute approximate surface area is 367 Å². The van der Waals surface area contributed by atoms with E-state index in [2.05, 4.69) is 66.4 Å². The summed E-state index contributed by atoms with van der Waals surface area (Å²) in [6.45, 7) is 14.2. The third-order valence-corrected chi connectivity index (χ3v) is 13.3. The SMILES string of the molecule is CCn1c(-c2cccnc2[C@H](C)OC)c2c3cc(ccc31)-c1csc(n1)C[C@H](NC(=O)[C@H](C(C)C)N(C)C(=O)N1CC(C#N)C1)C(=O)N1CCC[C@](C=O)(COCC(C)(C)C2)N1. The molecule has 3 aromatic heterocycles. The van der Waals surface area contributed by atoms with Crippen molar-refractivity contribution in [3.05, 3.63) is 58.2 Å². The Bertz CT molecular complexity index is 2360. The van der Waals surface area contributed by atoms with E-state index in [1.54, 1.807) is 25.3 Å². The van der Waals surface area contributed by atoms with Gasteiger partial charge >= 0.3 is 6.03 Å². The van der Waals surface area contributed by atoms with Crippen LogP contribution >= 0.6 is 11.3 Å². The van der Waals surface area contributed by atoms with Gasteiger partial charge in [0.25, 0.3) is 5.91 Å². The number of rotatable bonds is 9. The maximum absolute atomic E-state index is 14.6. The van der Waals surface area contributed by atoms with Crippen LogP contribution in [0.15, 0.2) is 41.9 Å². The first-order valence-electron chi connectivity index (χ1n) is 21.6. The van der Waals surface area contributed by atoms with Crippen molar-refractivity contribution >= 4 is 46.4 Å². The van der Waals surface area contributed by atoms with Crippen molar-refractivity contribution in [1.29, 1.82) is 5.26 Å². The standard InChI is InChI=1S/C46H59N9O6S/c1-9-54-37-14-13-31-18-33(37)34(41(54)32-12-10-16-48-39(32)29(4)60-8)20-45(5,6)26-61-27-46(25-56)15-11-17-55(51-46)43(58)35(19-38-49-36(31)24-62-38)50-42(57)40(28(2)3)52(7)44(59)53-22-30(21-47)23-53/h10,12-14,16,18,24-25,28-30,35,40,51H,9,11,15,17,19-20,22-23,26-27H2,1-8H3,(H,50,57)/t29-,35-,40-,46-/m0/s1. The fourth-order valence-electron chi connectivity index (χ4n) is 9.15. The van der Waals surface area contributed by atoms with Gasteiger partial charge in [0.05, 0.1) is 53.4 Å². The summed E-state index contributed by atoms with van der Waals surface area (Å²) in [5.41, 5.74) is 8.44. The summed E-state index contributed by atoms with van der Waals surface area (Å²) in [5.74, 6) is -1.44. The number of aldehydes is 1. The first kappa shape index (κ1) is 44.8. The molecule has 15 nitrogen and oxygen atoms in total. The summed E-state index contributed by atoms with van der Waals surface area (Å²) in [6.07, 6.45) is 4.10. The van der Waals surface area contributed by atoms with Crippen molar-refractivity contribution in [3.63, 3.8) is 0 Å². The van der Waals surface area contributed by atoms with Gasteiger partial charge in [-0.2, -0.15) is 5.26 Å². The number of aryl methyl sites for hydroxylation is 1. The van der Waals surface area contributed by atoms with Crippen LogP contribution in [0.1, 0.15) is 76.8 Å². The number of hydrazine groups is 1. The lowest BCUT2D eigenvalue weighted by Gasteiger charge is -2.42. The minimum atomic E-state index is -1.18. The molecule has 0 radical (unpaired) electrons. The molecule has 1 aromatic carbocycles. The highest BCUT2D eigenvalue weighted by atomic mass is 32.1. The molecule has 330 valence electrons. The number of thiazole rings is 1. The fourth-order valence-corrected chi connectivity index (χ4v) is 10.0. The highest BCUT2D eigenvalue weighted by molar-refractivity contribution is 7.10. The van der Waals surface area contributed by atoms with Crippen molar-refractivity contribution in [3.8, 4) is 28.6 Å². The zero-order chi connectivity index (χ0) is 44.5. The molecule has 7 rings (SSSR count). The van der Waals surface area contributed by atoms with Gasteiger partial charge in [0, 0.05) is 80.4 Å². The number of methoxy groups -OCH3 is 1. The molecule has 0 spiro atoms. The van der Waals surface area contributed by atoms with Gasteiger partial charge in [-0.1, -0.05) is 33.8 Å². The topological polar surface area (TPSA) is 175 Å². The number of ether oxygens (including phenoxy) is 2. The number of amides is 4. The average molecular weight is 866 g/mol. The minimum Gasteiger partial charge on any atom is -0.378 e. The number of hydrogen-bond acceptors (Lipinski definition) is 11. The van der Waals surface area contributed by atoms with Crippen LogP contribution in [0.2, 0.25) is 0 Å². The summed E-state index contributed by atoms with van der Waals surface area (Å²) in [7, 11) is 3.27. The number of benzene rings is 1. The van der Waals surface area contributed by atoms with Crippen LogP contribution in [-0.2, 0) is 43.2 Å². The van der Waals surface area contributed by atoms with Gasteiger partial charge in [-0.15, -0.1) is 11.3 Å². The molecule has 4 amide bonds. The van der Waals surface area contributed by atoms with Crippen LogP contribution in [-0.4, -0.2) is 118 Å². The van der Waals surface area contributed by atoms with Gasteiger partial charge in [-0.3, -0.25) is 19.6 Å². The Kier molecular flexibility index (Phi) is 13.2. The first-order chi connectivity index (χ1) is 29.6. The van der Waals surface area contributed by atoms with Crippen LogP contribution in [0.4, 0.5) is 4.79 Å². The number of carbonyl (C=O) groups is 4. The Balaban J connectivity index is 1.30. The molecule has 0 unspecified atom stereocenters. The lowest BCUT2D eigenvalue weighted by molar-refractivity contribution is -0.147. The molecule has 0 aliphatic carbocycles. The largest absolute Gasteiger partial charge is 0.378 e. The molecular weight excluding hydrogens is 807 g/mol. The van der Waals surface area contributed by atoms with E-state index in [1.165, 1.54) is 21.2 Å². The minimum absolute atomic E-state index is 0.0356. The van der Waals surface area contributed by atoms with E-state index in [1.807, 2.05) is 32.2 Å². The molecule has 4 aromatic rings. The van der Waals surface area contributed by atoms with E-state index in [9.17, 15) is 24.4 Å². The molecular formula is C46H59N9O6S. The lowest BCUT2D eigenvalue weighted by atomic mass is 9.84. The van der Waals surface area contributed by atoms with E-state index in [0.717, 1.165) is 51.0 Å². The van der Waals surface area contributed by atoms with Gasteiger partial charge in [0.2, 0.25) is 5.91 Å². The van der Waals surface area contributed by atoms with E-state index in [0.29, 0.717) is 57.1 Å². The van der Waals surface area contributed by atoms with Gasteiger partial charge in [0.15, 0.2) is 0 Å². The highest BCUT2D eigenvalue weighted by Crippen LogP contribution is 2.42. The second kappa shape index (κ2) is 18.3. The summed E-state index contributed by atoms with van der Waals surface area (Å²) >= 11 is 1.41. The van der Waals surface area contributed by atoms with Crippen LogP contribution < -0.4 is 10.7 Å². The first-order valence-corrected chi connectivity index (χ1v) is 22.4. The second-order valence-electron chi connectivity index (χ2n) is 18.1. The molecule has 6 heterocycles. The number of likely N-dealkylation sites (tertiary alicyclic amines) is 1. The number of nitrogens with one attached hydrogen (secondary N) is 2. The Morgan fingerprint density at radius 2 is 1.98 bits per heavy atom. The van der Waals surface area contributed by atoms with Crippen LogP contribution in [0.25, 0.3) is 33.4 Å². The number of urea groups is 1. The zero-order valence-corrected chi connectivity index (χ0v) is 37.9. The van der Waals surface area contributed by atoms with Crippen molar-refractivity contribution in [2.45, 2.75) is 97.5 Å². The van der Waals surface area contributed by atoms with Crippen LogP contribution in [0, 0.1) is 28.6 Å². The predicted molar refractivity (Wildman–Crippen MR) is 237 cm³/mol. The van der Waals surface area contributed by atoms with Gasteiger partial charge < -0.3 is 34.0 Å². The van der Waals surface area contributed by atoms with Crippen LogP contribution in [0.3, 0.4) is 0 Å². The van der Waals surface area contributed by atoms with Crippen molar-refractivity contribution in [2.75, 3.05) is 47.0 Å². The maximum atomic E-state index is 14.6. The van der Waals surface area contributed by atoms with E-state index in [-0.39, 0.29) is 37.0 Å². The molecule has 3 aliphatic rings. The molecule has 2 N–H and O–H groups in total. The summed E-state index contributed by atoms with van der Waals surface area (Å²) in [4.78, 5) is 68.2. The molecule has 2 saturated heterocycles. The maximum Gasteiger partial charge on any atom is 0.320 e. The van der Waals surface area contributed by atoms with Gasteiger partial charge in [0.1, 0.15) is 23.9 Å². The van der Waals surface area contributed by atoms with E-state index in [4.69, 9.17) is 19.4 Å². The molecule has 3 aliphatic heterocycles. The van der Waals surface area contributed by atoms with Crippen molar-refractivity contribution in [2.24, 2.45) is 17.3 Å². The monoisotopic (exact) mass is 865 g/mol.